The van der Waals surface area contributed by atoms with Gasteiger partial charge < -0.3 is 16.0 Å². The monoisotopic (exact) mass is 235 g/mol. The number of benzene rings is 1. The number of urea groups is 1. The van der Waals surface area contributed by atoms with Gasteiger partial charge in [-0.3, -0.25) is 0 Å². The lowest BCUT2D eigenvalue weighted by Crippen LogP contribution is -2.44. The average molecular weight is 235 g/mol. The molecule has 1 aromatic carbocycles. The molecule has 1 rings (SSSR count). The van der Waals surface area contributed by atoms with E-state index in [9.17, 15) is 4.79 Å². The van der Waals surface area contributed by atoms with Crippen LogP contribution >= 0.6 is 0 Å². The predicted octanol–water partition coefficient (Wildman–Crippen LogP) is 1.57. The topological polar surface area (TPSA) is 58.4 Å². The smallest absolute Gasteiger partial charge is 0.317 e. The first-order valence-corrected chi connectivity index (χ1v) is 5.93. The number of nitrogens with zero attached hydrogens (tertiary/aromatic N) is 1. The highest BCUT2D eigenvalue weighted by Gasteiger charge is 2.13. The molecule has 17 heavy (non-hydrogen) atoms. The van der Waals surface area contributed by atoms with Crippen LogP contribution in [0.4, 0.5) is 4.79 Å². The molecule has 0 aromatic heterocycles. The van der Waals surface area contributed by atoms with Crippen LogP contribution in [0, 0.1) is 0 Å². The van der Waals surface area contributed by atoms with E-state index in [0.717, 1.165) is 5.56 Å². The Kier molecular flexibility index (Phi) is 5.49. The molecule has 1 aromatic rings. The Hall–Kier alpha value is -1.55. The van der Waals surface area contributed by atoms with Gasteiger partial charge in [0, 0.05) is 25.7 Å². The molecular weight excluding hydrogens is 214 g/mol. The highest BCUT2D eigenvalue weighted by molar-refractivity contribution is 5.74. The maximum absolute atomic E-state index is 11.9. The van der Waals surface area contributed by atoms with Gasteiger partial charge in [0.2, 0.25) is 0 Å². The van der Waals surface area contributed by atoms with Gasteiger partial charge in [0.15, 0.2) is 0 Å². The third kappa shape index (κ3) is 4.87. The van der Waals surface area contributed by atoms with Gasteiger partial charge in [0.25, 0.3) is 0 Å². The van der Waals surface area contributed by atoms with Crippen molar-refractivity contribution in [3.8, 4) is 0 Å². The Balaban J connectivity index is 2.63. The van der Waals surface area contributed by atoms with Crippen molar-refractivity contribution in [1.29, 1.82) is 0 Å². The highest BCUT2D eigenvalue weighted by atomic mass is 16.2. The van der Waals surface area contributed by atoms with Crippen LogP contribution in [0.5, 0.6) is 0 Å². The lowest BCUT2D eigenvalue weighted by atomic mass is 10.2. The number of nitrogens with two attached hydrogens (primary N) is 1. The predicted molar refractivity (Wildman–Crippen MR) is 69.6 cm³/mol. The van der Waals surface area contributed by atoms with Crippen molar-refractivity contribution in [1.82, 2.24) is 10.2 Å². The standard InChI is InChI=1S/C13H21N3O/c1-11(2)15-13(17)16(9-8-14)10-12-6-4-3-5-7-12/h3-7,11H,8-10,14H2,1-2H3,(H,15,17). The maximum Gasteiger partial charge on any atom is 0.317 e. The van der Waals surface area contributed by atoms with Gasteiger partial charge in [-0.15, -0.1) is 0 Å². The summed E-state index contributed by atoms with van der Waals surface area (Å²) >= 11 is 0. The summed E-state index contributed by atoms with van der Waals surface area (Å²) in [7, 11) is 0. The second kappa shape index (κ2) is 6.91. The Morgan fingerprint density at radius 3 is 2.53 bits per heavy atom. The molecule has 2 amide bonds. The van der Waals surface area contributed by atoms with Crippen LogP contribution in [0.25, 0.3) is 0 Å². The molecule has 3 N–H and O–H groups in total. The van der Waals surface area contributed by atoms with Crippen LogP contribution in [0.15, 0.2) is 30.3 Å². The second-order valence-corrected chi connectivity index (χ2v) is 4.30. The van der Waals surface area contributed by atoms with E-state index in [0.29, 0.717) is 19.6 Å². The van der Waals surface area contributed by atoms with Crippen LogP contribution in [-0.4, -0.2) is 30.1 Å². The first kappa shape index (κ1) is 13.5. The molecule has 0 aliphatic rings. The minimum Gasteiger partial charge on any atom is -0.336 e. The fourth-order valence-corrected chi connectivity index (χ4v) is 1.55. The van der Waals surface area contributed by atoms with Crippen molar-refractivity contribution in [2.45, 2.75) is 26.4 Å². The molecule has 94 valence electrons. The van der Waals surface area contributed by atoms with Crippen molar-refractivity contribution in [2.75, 3.05) is 13.1 Å². The molecule has 0 bridgehead atoms. The SMILES string of the molecule is CC(C)NC(=O)N(CCN)Cc1ccccc1. The van der Waals surface area contributed by atoms with Gasteiger partial charge in [-0.2, -0.15) is 0 Å². The summed E-state index contributed by atoms with van der Waals surface area (Å²) in [5.74, 6) is 0. The van der Waals surface area contributed by atoms with Crippen molar-refractivity contribution in [3.63, 3.8) is 0 Å². The molecule has 0 saturated carbocycles. The van der Waals surface area contributed by atoms with Crippen molar-refractivity contribution in [2.24, 2.45) is 5.73 Å². The molecule has 0 saturated heterocycles. The number of carbonyl (C=O) groups excluding carboxylic acids is 1. The number of carbonyl (C=O) groups is 1. The summed E-state index contributed by atoms with van der Waals surface area (Å²) in [5.41, 5.74) is 6.64. The van der Waals surface area contributed by atoms with Crippen molar-refractivity contribution >= 4 is 6.03 Å². The minimum atomic E-state index is -0.0608. The van der Waals surface area contributed by atoms with E-state index in [2.05, 4.69) is 5.32 Å². The molecule has 0 spiro atoms. The van der Waals surface area contributed by atoms with Crippen LogP contribution in [0.2, 0.25) is 0 Å². The molecule has 0 aliphatic heterocycles. The maximum atomic E-state index is 11.9. The number of nitrogens with one attached hydrogen (secondary N) is 1. The van der Waals surface area contributed by atoms with E-state index in [-0.39, 0.29) is 12.1 Å². The summed E-state index contributed by atoms with van der Waals surface area (Å²) in [4.78, 5) is 13.6. The molecule has 4 heteroatoms. The lowest BCUT2D eigenvalue weighted by Gasteiger charge is -2.23. The highest BCUT2D eigenvalue weighted by Crippen LogP contribution is 2.04. The summed E-state index contributed by atoms with van der Waals surface area (Å²) in [6.45, 7) is 5.52. The fraction of sp³-hybridized carbons (Fsp3) is 0.462. The fourth-order valence-electron chi connectivity index (χ4n) is 1.55. The van der Waals surface area contributed by atoms with Gasteiger partial charge in [-0.1, -0.05) is 30.3 Å². The Labute approximate surface area is 103 Å². The first-order valence-electron chi connectivity index (χ1n) is 5.93. The van der Waals surface area contributed by atoms with E-state index in [1.165, 1.54) is 0 Å². The van der Waals surface area contributed by atoms with E-state index >= 15 is 0 Å². The van der Waals surface area contributed by atoms with Crippen LogP contribution in [0.3, 0.4) is 0 Å². The van der Waals surface area contributed by atoms with Crippen LogP contribution in [-0.2, 0) is 6.54 Å². The molecular formula is C13H21N3O. The van der Waals surface area contributed by atoms with Gasteiger partial charge >= 0.3 is 6.03 Å². The zero-order chi connectivity index (χ0) is 12.7. The van der Waals surface area contributed by atoms with E-state index in [1.807, 2.05) is 44.2 Å². The summed E-state index contributed by atoms with van der Waals surface area (Å²) in [6.07, 6.45) is 0. The van der Waals surface area contributed by atoms with Gasteiger partial charge in [0.05, 0.1) is 0 Å². The van der Waals surface area contributed by atoms with Crippen molar-refractivity contribution < 1.29 is 4.79 Å². The van der Waals surface area contributed by atoms with Crippen molar-refractivity contribution in [3.05, 3.63) is 35.9 Å². The minimum absolute atomic E-state index is 0.0608. The zero-order valence-electron chi connectivity index (χ0n) is 10.5. The zero-order valence-corrected chi connectivity index (χ0v) is 10.5. The molecule has 0 aliphatic carbocycles. The summed E-state index contributed by atoms with van der Waals surface area (Å²) < 4.78 is 0. The number of amides is 2. The van der Waals surface area contributed by atoms with E-state index in [4.69, 9.17) is 5.73 Å². The quantitative estimate of drug-likeness (QED) is 0.813. The van der Waals surface area contributed by atoms with Gasteiger partial charge in [-0.25, -0.2) is 4.79 Å². The normalized spacial score (nSPS) is 10.4. The largest absolute Gasteiger partial charge is 0.336 e. The molecule has 0 atom stereocenters. The van der Waals surface area contributed by atoms with E-state index in [1.54, 1.807) is 4.90 Å². The Bertz CT molecular complexity index is 338. The number of hydrogen-bond donors (Lipinski definition) is 2. The lowest BCUT2D eigenvalue weighted by molar-refractivity contribution is 0.194. The summed E-state index contributed by atoms with van der Waals surface area (Å²) in [5, 5.41) is 2.88. The number of hydrogen-bond acceptors (Lipinski definition) is 2. The first-order chi connectivity index (χ1) is 8.13. The van der Waals surface area contributed by atoms with E-state index < -0.39 is 0 Å². The molecule has 0 radical (unpaired) electrons. The van der Waals surface area contributed by atoms with Crippen LogP contribution < -0.4 is 11.1 Å². The molecule has 0 heterocycles. The molecule has 0 fully saturated rings. The van der Waals surface area contributed by atoms with Crippen LogP contribution in [0.1, 0.15) is 19.4 Å². The number of rotatable bonds is 5. The third-order valence-corrected chi connectivity index (χ3v) is 2.31. The summed E-state index contributed by atoms with van der Waals surface area (Å²) in [6, 6.07) is 9.99. The Morgan fingerprint density at radius 1 is 1.35 bits per heavy atom. The van der Waals surface area contributed by atoms with Gasteiger partial charge in [0.1, 0.15) is 0 Å². The molecule has 0 unspecified atom stereocenters. The Morgan fingerprint density at radius 2 is 2.00 bits per heavy atom. The second-order valence-electron chi connectivity index (χ2n) is 4.30. The molecule has 4 nitrogen and oxygen atoms in total. The third-order valence-electron chi connectivity index (χ3n) is 2.31. The average Bonchev–Trinajstić information content (AvgIpc) is 2.29. The van der Waals surface area contributed by atoms with Gasteiger partial charge in [-0.05, 0) is 19.4 Å².